The van der Waals surface area contributed by atoms with E-state index in [9.17, 15) is 14.4 Å². The van der Waals surface area contributed by atoms with E-state index >= 15 is 0 Å². The SMILES string of the molecule is COC(=O)C1(C(=O)OC(C)(C)C)CCN(C(=O)OC(C)(C)C)CC1. The highest BCUT2D eigenvalue weighted by molar-refractivity contribution is 6.00. The fourth-order valence-electron chi connectivity index (χ4n) is 2.46. The number of esters is 2. The molecule has 1 rings (SSSR count). The van der Waals surface area contributed by atoms with Gasteiger partial charge in [-0.1, -0.05) is 0 Å². The Morgan fingerprint density at radius 2 is 1.29 bits per heavy atom. The minimum atomic E-state index is -1.37. The van der Waals surface area contributed by atoms with E-state index in [0.717, 1.165) is 0 Å². The van der Waals surface area contributed by atoms with Crippen molar-refractivity contribution >= 4 is 18.0 Å². The molecule has 24 heavy (non-hydrogen) atoms. The molecule has 0 saturated carbocycles. The molecule has 138 valence electrons. The summed E-state index contributed by atoms with van der Waals surface area (Å²) >= 11 is 0. The largest absolute Gasteiger partial charge is 0.468 e. The lowest BCUT2D eigenvalue weighted by atomic mass is 9.78. The van der Waals surface area contributed by atoms with Crippen molar-refractivity contribution in [2.45, 2.75) is 65.6 Å². The van der Waals surface area contributed by atoms with Gasteiger partial charge in [0.25, 0.3) is 0 Å². The van der Waals surface area contributed by atoms with Crippen LogP contribution in [0.15, 0.2) is 0 Å². The molecule has 7 nitrogen and oxygen atoms in total. The van der Waals surface area contributed by atoms with E-state index in [1.807, 2.05) is 0 Å². The van der Waals surface area contributed by atoms with Crippen molar-refractivity contribution in [3.63, 3.8) is 0 Å². The summed E-state index contributed by atoms with van der Waals surface area (Å²) in [4.78, 5) is 38.5. The maximum absolute atomic E-state index is 12.6. The van der Waals surface area contributed by atoms with Gasteiger partial charge >= 0.3 is 18.0 Å². The Kier molecular flexibility index (Phi) is 5.90. The molecule has 1 fully saturated rings. The van der Waals surface area contributed by atoms with E-state index in [2.05, 4.69) is 0 Å². The van der Waals surface area contributed by atoms with E-state index < -0.39 is 34.6 Å². The van der Waals surface area contributed by atoms with Gasteiger partial charge in [-0.15, -0.1) is 0 Å². The van der Waals surface area contributed by atoms with Crippen molar-refractivity contribution in [2.75, 3.05) is 20.2 Å². The fourth-order valence-corrected chi connectivity index (χ4v) is 2.46. The molecule has 1 aliphatic rings. The average Bonchev–Trinajstić information content (AvgIpc) is 2.42. The molecule has 0 radical (unpaired) electrons. The molecule has 1 heterocycles. The Bertz CT molecular complexity index is 492. The highest BCUT2D eigenvalue weighted by Gasteiger charge is 2.52. The van der Waals surface area contributed by atoms with Crippen LogP contribution in [0.3, 0.4) is 0 Å². The number of rotatable bonds is 2. The van der Waals surface area contributed by atoms with Gasteiger partial charge in [0.05, 0.1) is 7.11 Å². The third-order valence-corrected chi connectivity index (χ3v) is 3.63. The lowest BCUT2D eigenvalue weighted by Crippen LogP contribution is -2.53. The van der Waals surface area contributed by atoms with Gasteiger partial charge in [0, 0.05) is 13.1 Å². The number of carbonyl (C=O) groups is 3. The molecule has 0 aromatic rings. The quantitative estimate of drug-likeness (QED) is 0.435. The fraction of sp³-hybridized carbons (Fsp3) is 0.824. The molecule has 0 aromatic heterocycles. The predicted octanol–water partition coefficient (Wildman–Crippen LogP) is 2.52. The molecule has 0 unspecified atom stereocenters. The molecule has 0 aliphatic carbocycles. The molecule has 0 bridgehead atoms. The van der Waals surface area contributed by atoms with Crippen LogP contribution in [-0.2, 0) is 23.8 Å². The van der Waals surface area contributed by atoms with Gasteiger partial charge in [-0.25, -0.2) is 4.79 Å². The van der Waals surface area contributed by atoms with Crippen LogP contribution in [0.5, 0.6) is 0 Å². The summed E-state index contributed by atoms with van der Waals surface area (Å²) in [5.41, 5.74) is -2.68. The second kappa shape index (κ2) is 6.99. The number of piperidine rings is 1. The molecule has 0 aromatic carbocycles. The highest BCUT2D eigenvalue weighted by atomic mass is 16.6. The third kappa shape index (κ3) is 5.11. The molecule has 1 aliphatic heterocycles. The molecular weight excluding hydrogens is 314 g/mol. The zero-order valence-electron chi connectivity index (χ0n) is 15.7. The van der Waals surface area contributed by atoms with Crippen LogP contribution < -0.4 is 0 Å². The van der Waals surface area contributed by atoms with Gasteiger partial charge in [0.1, 0.15) is 11.2 Å². The monoisotopic (exact) mass is 343 g/mol. The Morgan fingerprint density at radius 1 is 0.833 bits per heavy atom. The lowest BCUT2D eigenvalue weighted by Gasteiger charge is -2.39. The van der Waals surface area contributed by atoms with E-state index in [1.54, 1.807) is 41.5 Å². The van der Waals surface area contributed by atoms with E-state index in [-0.39, 0.29) is 25.9 Å². The van der Waals surface area contributed by atoms with Crippen LogP contribution in [0.4, 0.5) is 4.79 Å². The normalized spacial score (nSPS) is 17.9. The van der Waals surface area contributed by atoms with E-state index in [1.165, 1.54) is 12.0 Å². The van der Waals surface area contributed by atoms with Crippen molar-refractivity contribution in [1.29, 1.82) is 0 Å². The molecular formula is C17H29NO6. The predicted molar refractivity (Wildman–Crippen MR) is 87.3 cm³/mol. The summed E-state index contributed by atoms with van der Waals surface area (Å²) in [5.74, 6) is -1.23. The summed E-state index contributed by atoms with van der Waals surface area (Å²) in [7, 11) is 1.24. The maximum Gasteiger partial charge on any atom is 0.410 e. The first-order valence-electron chi connectivity index (χ1n) is 8.10. The van der Waals surface area contributed by atoms with Crippen LogP contribution in [0.2, 0.25) is 0 Å². The summed E-state index contributed by atoms with van der Waals surface area (Å²) < 4.78 is 15.6. The average molecular weight is 343 g/mol. The summed E-state index contributed by atoms with van der Waals surface area (Å²) in [6.07, 6.45) is -0.160. The van der Waals surface area contributed by atoms with Gasteiger partial charge in [0.15, 0.2) is 5.41 Å². The van der Waals surface area contributed by atoms with Crippen molar-refractivity contribution in [3.05, 3.63) is 0 Å². The minimum absolute atomic E-state index is 0.147. The second-order valence-electron chi connectivity index (χ2n) is 8.04. The van der Waals surface area contributed by atoms with Crippen molar-refractivity contribution in [3.8, 4) is 0 Å². The maximum atomic E-state index is 12.6. The first-order chi connectivity index (χ1) is 10.8. The van der Waals surface area contributed by atoms with E-state index in [4.69, 9.17) is 14.2 Å². The molecule has 1 amide bonds. The Hall–Kier alpha value is -1.79. The zero-order valence-corrected chi connectivity index (χ0v) is 15.7. The first kappa shape index (κ1) is 20.3. The number of methoxy groups -OCH3 is 1. The number of amides is 1. The number of hydrogen-bond acceptors (Lipinski definition) is 6. The van der Waals surface area contributed by atoms with Gasteiger partial charge < -0.3 is 19.1 Å². The Morgan fingerprint density at radius 3 is 1.67 bits per heavy atom. The summed E-state index contributed by atoms with van der Waals surface area (Å²) in [6, 6.07) is 0. The van der Waals surface area contributed by atoms with Crippen LogP contribution in [0.1, 0.15) is 54.4 Å². The zero-order chi connectivity index (χ0) is 18.8. The van der Waals surface area contributed by atoms with Gasteiger partial charge in [0.2, 0.25) is 0 Å². The van der Waals surface area contributed by atoms with Crippen molar-refractivity contribution < 1.29 is 28.6 Å². The molecule has 0 atom stereocenters. The third-order valence-electron chi connectivity index (χ3n) is 3.63. The van der Waals surface area contributed by atoms with Crippen molar-refractivity contribution in [2.24, 2.45) is 5.41 Å². The van der Waals surface area contributed by atoms with Gasteiger partial charge in [-0.2, -0.15) is 0 Å². The van der Waals surface area contributed by atoms with Crippen LogP contribution in [0.25, 0.3) is 0 Å². The highest BCUT2D eigenvalue weighted by Crippen LogP contribution is 2.36. The minimum Gasteiger partial charge on any atom is -0.468 e. The molecule has 7 heteroatoms. The topological polar surface area (TPSA) is 82.1 Å². The lowest BCUT2D eigenvalue weighted by molar-refractivity contribution is -0.182. The number of ether oxygens (including phenoxy) is 3. The summed E-state index contributed by atoms with van der Waals surface area (Å²) in [6.45, 7) is 11.0. The standard InChI is InChI=1S/C17H29NO6/c1-15(2,3)23-13(20)17(12(19)22-7)8-10-18(11-9-17)14(21)24-16(4,5)6/h8-11H2,1-7H3. The Balaban J connectivity index is 2.87. The summed E-state index contributed by atoms with van der Waals surface area (Å²) in [5, 5.41) is 0. The van der Waals surface area contributed by atoms with Gasteiger partial charge in [-0.3, -0.25) is 9.59 Å². The molecule has 1 saturated heterocycles. The van der Waals surface area contributed by atoms with Crippen molar-refractivity contribution in [1.82, 2.24) is 4.90 Å². The first-order valence-corrected chi connectivity index (χ1v) is 8.10. The Labute approximate surface area is 143 Å². The van der Waals surface area contributed by atoms with Crippen LogP contribution in [-0.4, -0.2) is 54.3 Å². The molecule has 0 N–H and O–H groups in total. The number of likely N-dealkylation sites (tertiary alicyclic amines) is 1. The van der Waals surface area contributed by atoms with E-state index in [0.29, 0.717) is 0 Å². The number of carbonyl (C=O) groups excluding carboxylic acids is 3. The molecule has 0 spiro atoms. The number of hydrogen-bond donors (Lipinski definition) is 0. The smallest absolute Gasteiger partial charge is 0.410 e. The van der Waals surface area contributed by atoms with Crippen LogP contribution >= 0.6 is 0 Å². The number of nitrogens with zero attached hydrogens (tertiary/aromatic N) is 1. The van der Waals surface area contributed by atoms with Crippen LogP contribution in [0, 0.1) is 5.41 Å². The van der Waals surface area contributed by atoms with Gasteiger partial charge in [-0.05, 0) is 54.4 Å². The second-order valence-corrected chi connectivity index (χ2v) is 8.04.